The first-order valence-electron chi connectivity index (χ1n) is 17.4. The summed E-state index contributed by atoms with van der Waals surface area (Å²) in [5, 5.41) is 16.8. The van der Waals surface area contributed by atoms with Gasteiger partial charge in [0.15, 0.2) is 0 Å². The Balaban J connectivity index is 1.07. The molecule has 2 unspecified atom stereocenters. The standard InChI is InChI=1S/C36H45FN6O2/c1-2-23-6-3-7-24-16-27(44)17-30(32(23)24)41-15-11-28-29(20-41)39-34(40-33(28)42-18-25-9-10-26(19-42)38-25)45-22-35-12-5-14-43(35)31-8-4-13-36(31,37)21-35/h3,6-7,16-17,25-26,31,38,44H,2,4-5,8-15,18-22H2,1H3/t25?,26?,31-,35-,36+/m1/s1. The Bertz CT molecular complexity index is 1640. The lowest BCUT2D eigenvalue weighted by atomic mass is 9.88. The van der Waals surface area contributed by atoms with Crippen LogP contribution in [0.5, 0.6) is 11.8 Å². The fourth-order valence-corrected chi connectivity index (χ4v) is 10.1. The van der Waals surface area contributed by atoms with Gasteiger partial charge in [0.05, 0.1) is 17.8 Å². The van der Waals surface area contributed by atoms with Crippen molar-refractivity contribution < 1.29 is 14.2 Å². The number of alkyl halides is 1. The van der Waals surface area contributed by atoms with Gasteiger partial charge in [0.25, 0.3) is 0 Å². The molecule has 3 aromatic rings. The topological polar surface area (TPSA) is 77.0 Å². The second-order valence-electron chi connectivity index (χ2n) is 14.7. The molecule has 0 amide bonds. The van der Waals surface area contributed by atoms with Crippen LogP contribution in [0.3, 0.4) is 0 Å². The highest BCUT2D eigenvalue weighted by molar-refractivity contribution is 5.98. The number of phenols is 1. The number of nitrogens with one attached hydrogen (secondary N) is 1. The molecule has 0 radical (unpaired) electrons. The number of phenolic OH excluding ortho intramolecular Hbond substituents is 1. The lowest BCUT2D eigenvalue weighted by Gasteiger charge is -2.38. The number of aromatic nitrogens is 2. The first-order valence-corrected chi connectivity index (χ1v) is 17.4. The normalized spacial score (nSPS) is 32.3. The minimum atomic E-state index is -1.08. The summed E-state index contributed by atoms with van der Waals surface area (Å²) in [6, 6.07) is 11.6. The molecule has 8 nitrogen and oxygen atoms in total. The fraction of sp³-hybridized carbons (Fsp3) is 0.611. The van der Waals surface area contributed by atoms with Gasteiger partial charge < -0.3 is 25.0 Å². The van der Waals surface area contributed by atoms with E-state index in [0.29, 0.717) is 44.1 Å². The zero-order valence-corrected chi connectivity index (χ0v) is 26.4. The highest BCUT2D eigenvalue weighted by Crippen LogP contribution is 2.55. The van der Waals surface area contributed by atoms with E-state index in [1.54, 1.807) is 0 Å². The molecule has 45 heavy (non-hydrogen) atoms. The van der Waals surface area contributed by atoms with Crippen molar-refractivity contribution in [3.8, 4) is 11.8 Å². The fourth-order valence-electron chi connectivity index (χ4n) is 10.1. The van der Waals surface area contributed by atoms with Gasteiger partial charge in [-0.25, -0.2) is 4.39 Å². The molecule has 2 bridgehead atoms. The maximum Gasteiger partial charge on any atom is 0.318 e. The number of anilines is 2. The SMILES string of the molecule is CCc1cccc2cc(O)cc(N3CCc4c(nc(OC[C@]56CCCN5[C@@H]5CCC[C@]5(F)C6)nc4N4CC5CCC(C4)N5)C3)c12. The average Bonchev–Trinajstić information content (AvgIpc) is 3.77. The average molecular weight is 613 g/mol. The van der Waals surface area contributed by atoms with Crippen molar-refractivity contribution in [1.82, 2.24) is 20.2 Å². The summed E-state index contributed by atoms with van der Waals surface area (Å²) in [6.07, 6.45) is 9.46. The summed E-state index contributed by atoms with van der Waals surface area (Å²) in [4.78, 5) is 17.6. The number of halogens is 1. The number of ether oxygens (including phenoxy) is 1. The Morgan fingerprint density at radius 3 is 2.76 bits per heavy atom. The maximum absolute atomic E-state index is 16.0. The molecular weight excluding hydrogens is 567 g/mol. The van der Waals surface area contributed by atoms with Crippen LogP contribution in [0.15, 0.2) is 30.3 Å². The van der Waals surface area contributed by atoms with Crippen LogP contribution in [-0.4, -0.2) is 82.1 Å². The van der Waals surface area contributed by atoms with Gasteiger partial charge in [0.2, 0.25) is 0 Å². The number of aromatic hydroxyl groups is 1. The number of hydrogen-bond donors (Lipinski definition) is 2. The van der Waals surface area contributed by atoms with Crippen molar-refractivity contribution in [1.29, 1.82) is 0 Å². The van der Waals surface area contributed by atoms with Crippen molar-refractivity contribution in [2.75, 3.05) is 42.6 Å². The van der Waals surface area contributed by atoms with Crippen LogP contribution in [0, 0.1) is 0 Å². The second-order valence-corrected chi connectivity index (χ2v) is 14.7. The number of benzene rings is 2. The van der Waals surface area contributed by atoms with Crippen LogP contribution in [-0.2, 0) is 19.4 Å². The Hall–Kier alpha value is -3.17. The lowest BCUT2D eigenvalue weighted by Crippen LogP contribution is -2.52. The number of nitrogens with zero attached hydrogens (tertiary/aromatic N) is 5. The number of piperazine rings is 1. The monoisotopic (exact) mass is 612 g/mol. The van der Waals surface area contributed by atoms with E-state index in [9.17, 15) is 5.11 Å². The first kappa shape index (κ1) is 28.1. The zero-order chi connectivity index (χ0) is 30.3. The molecule has 0 spiro atoms. The van der Waals surface area contributed by atoms with E-state index in [2.05, 4.69) is 45.1 Å². The number of fused-ring (bicyclic) bond motifs is 7. The zero-order valence-electron chi connectivity index (χ0n) is 26.4. The third kappa shape index (κ3) is 4.51. The second kappa shape index (κ2) is 10.4. The van der Waals surface area contributed by atoms with Crippen LogP contribution in [0.25, 0.3) is 10.8 Å². The van der Waals surface area contributed by atoms with Gasteiger partial charge in [0, 0.05) is 66.9 Å². The molecule has 5 aliphatic heterocycles. The summed E-state index contributed by atoms with van der Waals surface area (Å²) >= 11 is 0. The van der Waals surface area contributed by atoms with E-state index < -0.39 is 5.67 Å². The van der Waals surface area contributed by atoms with Gasteiger partial charge >= 0.3 is 6.01 Å². The number of aryl methyl sites for hydroxylation is 1. The van der Waals surface area contributed by atoms with E-state index in [-0.39, 0.29) is 17.3 Å². The molecule has 2 N–H and O–H groups in total. The number of hydrogen-bond acceptors (Lipinski definition) is 8. The molecule has 2 aromatic carbocycles. The Morgan fingerprint density at radius 2 is 1.91 bits per heavy atom. The maximum atomic E-state index is 16.0. The van der Waals surface area contributed by atoms with E-state index in [4.69, 9.17) is 14.7 Å². The lowest BCUT2D eigenvalue weighted by molar-refractivity contribution is 0.0808. The van der Waals surface area contributed by atoms with E-state index >= 15 is 4.39 Å². The molecule has 238 valence electrons. The van der Waals surface area contributed by atoms with Crippen molar-refractivity contribution in [3.05, 3.63) is 47.2 Å². The van der Waals surface area contributed by atoms with Crippen molar-refractivity contribution in [2.24, 2.45) is 0 Å². The van der Waals surface area contributed by atoms with Crippen LogP contribution in [0.4, 0.5) is 15.9 Å². The summed E-state index contributed by atoms with van der Waals surface area (Å²) < 4.78 is 22.6. The van der Waals surface area contributed by atoms with Gasteiger partial charge in [-0.05, 0) is 81.3 Å². The summed E-state index contributed by atoms with van der Waals surface area (Å²) in [7, 11) is 0. The predicted molar refractivity (Wildman–Crippen MR) is 174 cm³/mol. The van der Waals surface area contributed by atoms with E-state index in [1.165, 1.54) is 29.4 Å². The minimum absolute atomic E-state index is 0.0404. The van der Waals surface area contributed by atoms with Gasteiger partial charge in [-0.2, -0.15) is 9.97 Å². The Kier molecular flexibility index (Phi) is 6.51. The highest BCUT2D eigenvalue weighted by atomic mass is 19.1. The van der Waals surface area contributed by atoms with Gasteiger partial charge in [-0.1, -0.05) is 25.1 Å². The third-order valence-corrected chi connectivity index (χ3v) is 12.1. The van der Waals surface area contributed by atoms with Gasteiger partial charge in [-0.15, -0.1) is 0 Å². The van der Waals surface area contributed by atoms with E-state index in [0.717, 1.165) is 87.3 Å². The minimum Gasteiger partial charge on any atom is -0.508 e. The van der Waals surface area contributed by atoms with Gasteiger partial charge in [0.1, 0.15) is 23.8 Å². The molecule has 9 rings (SSSR count). The van der Waals surface area contributed by atoms with Crippen LogP contribution in [0.2, 0.25) is 0 Å². The molecule has 5 fully saturated rings. The quantitative estimate of drug-likeness (QED) is 0.390. The molecule has 6 aliphatic rings. The molecule has 5 atom stereocenters. The van der Waals surface area contributed by atoms with Crippen LogP contribution >= 0.6 is 0 Å². The predicted octanol–water partition coefficient (Wildman–Crippen LogP) is 5.28. The summed E-state index contributed by atoms with van der Waals surface area (Å²) in [6.45, 7) is 6.95. The smallest absolute Gasteiger partial charge is 0.318 e. The van der Waals surface area contributed by atoms with Crippen molar-refractivity contribution in [2.45, 2.75) is 107 Å². The summed E-state index contributed by atoms with van der Waals surface area (Å²) in [5.74, 6) is 1.31. The number of rotatable bonds is 6. The Labute approximate surface area is 265 Å². The highest BCUT2D eigenvalue weighted by Gasteiger charge is 2.63. The Morgan fingerprint density at radius 1 is 1.04 bits per heavy atom. The van der Waals surface area contributed by atoms with E-state index in [1.807, 2.05) is 12.1 Å². The molecule has 1 aliphatic carbocycles. The molecule has 1 aromatic heterocycles. The van der Waals surface area contributed by atoms with Crippen molar-refractivity contribution >= 4 is 22.3 Å². The van der Waals surface area contributed by atoms with Crippen LogP contribution < -0.4 is 19.9 Å². The molecule has 9 heteroatoms. The van der Waals surface area contributed by atoms with Crippen LogP contribution in [0.1, 0.15) is 75.1 Å². The molecule has 4 saturated heterocycles. The van der Waals surface area contributed by atoms with Gasteiger partial charge in [-0.3, -0.25) is 4.90 Å². The molecule has 6 heterocycles. The molecular formula is C36H45FN6O2. The first-order chi connectivity index (χ1) is 21.9. The third-order valence-electron chi connectivity index (χ3n) is 12.1. The van der Waals surface area contributed by atoms with Crippen molar-refractivity contribution in [3.63, 3.8) is 0 Å². The largest absolute Gasteiger partial charge is 0.508 e. The molecule has 1 saturated carbocycles. The summed E-state index contributed by atoms with van der Waals surface area (Å²) in [5.41, 5.74) is 3.23.